The van der Waals surface area contributed by atoms with Crippen molar-refractivity contribution in [1.82, 2.24) is 4.90 Å². The summed E-state index contributed by atoms with van der Waals surface area (Å²) in [6.45, 7) is 0. The summed E-state index contributed by atoms with van der Waals surface area (Å²) >= 11 is 0. The molecule has 5 aliphatic rings. The zero-order chi connectivity index (χ0) is 15.9. The molecule has 3 atom stereocenters. The molecule has 3 saturated heterocycles. The van der Waals surface area contributed by atoms with Crippen molar-refractivity contribution < 1.29 is 0 Å². The first-order chi connectivity index (χ1) is 11.8. The van der Waals surface area contributed by atoms with E-state index in [1.807, 2.05) is 0 Å². The minimum atomic E-state index is 0.248. The largest absolute Gasteiger partial charge is 0.296 e. The minimum Gasteiger partial charge on any atom is -0.296 e. The van der Waals surface area contributed by atoms with Crippen LogP contribution in [0.5, 0.6) is 0 Å². The molecule has 122 valence electrons. The van der Waals surface area contributed by atoms with E-state index in [2.05, 4.69) is 60.5 Å². The standard InChI is InChI=1S/C23H25N/c1-24-19-12-13-22(24)15-18(14-19)23(22)20-8-4-2-6-16(20)10-11-17-7-3-5-9-21(17)23/h2-9,18-19H,10-15H2,1H3. The first kappa shape index (κ1) is 13.7. The molecule has 1 saturated carbocycles. The number of piperidine rings is 2. The van der Waals surface area contributed by atoms with Crippen molar-refractivity contribution in [2.24, 2.45) is 5.92 Å². The first-order valence-electron chi connectivity index (χ1n) is 9.67. The minimum absolute atomic E-state index is 0.248. The highest BCUT2D eigenvalue weighted by Crippen LogP contribution is 2.72. The Hall–Kier alpha value is -1.60. The van der Waals surface area contributed by atoms with Crippen molar-refractivity contribution in [2.45, 2.75) is 55.5 Å². The van der Waals surface area contributed by atoms with Crippen LogP contribution in [-0.4, -0.2) is 23.5 Å². The summed E-state index contributed by atoms with van der Waals surface area (Å²) in [7, 11) is 2.42. The molecule has 1 nitrogen and oxygen atoms in total. The van der Waals surface area contributed by atoms with Crippen molar-refractivity contribution in [3.05, 3.63) is 70.8 Å². The first-order valence-corrected chi connectivity index (χ1v) is 9.67. The van der Waals surface area contributed by atoms with Gasteiger partial charge in [-0.05, 0) is 73.7 Å². The van der Waals surface area contributed by atoms with E-state index in [-0.39, 0.29) is 5.41 Å². The van der Waals surface area contributed by atoms with Gasteiger partial charge < -0.3 is 0 Å². The summed E-state index contributed by atoms with van der Waals surface area (Å²) in [5.74, 6) is 0.835. The fourth-order valence-corrected chi connectivity index (χ4v) is 7.28. The molecule has 3 bridgehead atoms. The maximum Gasteiger partial charge on any atom is 0.0421 e. The van der Waals surface area contributed by atoms with Crippen LogP contribution in [0.25, 0.3) is 0 Å². The summed E-state index contributed by atoms with van der Waals surface area (Å²) in [6.07, 6.45) is 7.98. The van der Waals surface area contributed by atoms with Crippen LogP contribution in [0.1, 0.15) is 47.9 Å². The lowest BCUT2D eigenvalue weighted by atomic mass is 9.40. The fourth-order valence-electron chi connectivity index (χ4n) is 7.28. The topological polar surface area (TPSA) is 3.24 Å². The number of hydrogen-bond donors (Lipinski definition) is 0. The molecule has 2 aromatic rings. The summed E-state index contributed by atoms with van der Waals surface area (Å²) in [6, 6.07) is 19.6. The molecule has 0 radical (unpaired) electrons. The highest BCUT2D eigenvalue weighted by atomic mass is 15.3. The number of aryl methyl sites for hydroxylation is 2. The van der Waals surface area contributed by atoms with E-state index in [9.17, 15) is 0 Å². The van der Waals surface area contributed by atoms with Gasteiger partial charge in [0.25, 0.3) is 0 Å². The number of benzene rings is 2. The van der Waals surface area contributed by atoms with Gasteiger partial charge in [0.15, 0.2) is 0 Å². The maximum absolute atomic E-state index is 2.80. The van der Waals surface area contributed by atoms with Crippen LogP contribution in [0.15, 0.2) is 48.5 Å². The molecule has 4 fully saturated rings. The van der Waals surface area contributed by atoms with Crippen molar-refractivity contribution in [2.75, 3.05) is 7.05 Å². The lowest BCUT2D eigenvalue weighted by Crippen LogP contribution is -2.76. The number of fused-ring (bicyclic) bond motifs is 2. The highest BCUT2D eigenvalue weighted by Gasteiger charge is 2.74. The van der Waals surface area contributed by atoms with E-state index >= 15 is 0 Å². The van der Waals surface area contributed by atoms with Crippen LogP contribution in [0.3, 0.4) is 0 Å². The number of likely N-dealkylation sites (N-methyl/N-ethyl adjacent to an activating group) is 1. The average Bonchev–Trinajstić information content (AvgIpc) is 2.80. The summed E-state index contributed by atoms with van der Waals surface area (Å²) in [5, 5.41) is 0. The van der Waals surface area contributed by atoms with Crippen LogP contribution >= 0.6 is 0 Å². The zero-order valence-corrected chi connectivity index (χ0v) is 14.5. The second-order valence-corrected chi connectivity index (χ2v) is 8.59. The predicted octanol–water partition coefficient (Wildman–Crippen LogP) is 4.33. The Bertz CT molecular complexity index is 784. The van der Waals surface area contributed by atoms with E-state index in [0.717, 1.165) is 12.0 Å². The van der Waals surface area contributed by atoms with E-state index in [1.54, 1.807) is 22.3 Å². The van der Waals surface area contributed by atoms with Gasteiger partial charge in [-0.25, -0.2) is 0 Å². The van der Waals surface area contributed by atoms with Crippen LogP contribution < -0.4 is 0 Å². The Balaban J connectivity index is 1.72. The number of rotatable bonds is 0. The lowest BCUT2D eigenvalue weighted by Gasteiger charge is -2.71. The third-order valence-corrected chi connectivity index (χ3v) is 8.15. The molecule has 0 amide bonds. The molecule has 2 spiro atoms. The Kier molecular flexibility index (Phi) is 2.46. The van der Waals surface area contributed by atoms with Gasteiger partial charge in [0.2, 0.25) is 0 Å². The van der Waals surface area contributed by atoms with Crippen molar-refractivity contribution in [3.8, 4) is 0 Å². The van der Waals surface area contributed by atoms with Gasteiger partial charge in [0, 0.05) is 17.0 Å². The number of hydrogen-bond acceptors (Lipinski definition) is 1. The van der Waals surface area contributed by atoms with Gasteiger partial charge in [-0.3, -0.25) is 4.90 Å². The van der Waals surface area contributed by atoms with Gasteiger partial charge in [0.1, 0.15) is 0 Å². The van der Waals surface area contributed by atoms with Gasteiger partial charge in [-0.1, -0.05) is 48.5 Å². The van der Waals surface area contributed by atoms with Crippen LogP contribution in [0, 0.1) is 5.92 Å². The Labute approximate surface area is 144 Å². The maximum atomic E-state index is 2.80. The lowest BCUT2D eigenvalue weighted by molar-refractivity contribution is -0.125. The molecule has 2 aliphatic carbocycles. The molecule has 1 heteroatoms. The van der Waals surface area contributed by atoms with Crippen molar-refractivity contribution in [1.29, 1.82) is 0 Å². The van der Waals surface area contributed by atoms with E-state index in [1.165, 1.54) is 38.5 Å². The molecule has 0 aromatic heterocycles. The predicted molar refractivity (Wildman–Crippen MR) is 97.3 cm³/mol. The monoisotopic (exact) mass is 315 g/mol. The third kappa shape index (κ3) is 1.28. The highest BCUT2D eigenvalue weighted by molar-refractivity contribution is 5.58. The average molecular weight is 315 g/mol. The molecular weight excluding hydrogens is 290 g/mol. The van der Waals surface area contributed by atoms with Gasteiger partial charge >= 0.3 is 0 Å². The summed E-state index contributed by atoms with van der Waals surface area (Å²) in [5.41, 5.74) is 7.17. The fraction of sp³-hybridized carbons (Fsp3) is 0.478. The molecule has 2 aromatic carbocycles. The number of nitrogens with zero attached hydrogens (tertiary/aromatic N) is 1. The van der Waals surface area contributed by atoms with Crippen molar-refractivity contribution in [3.63, 3.8) is 0 Å². The van der Waals surface area contributed by atoms with E-state index < -0.39 is 0 Å². The molecule has 3 heterocycles. The summed E-state index contributed by atoms with van der Waals surface area (Å²) < 4.78 is 0. The second kappa shape index (κ2) is 4.32. The van der Waals surface area contributed by atoms with Crippen LogP contribution in [-0.2, 0) is 18.3 Å². The van der Waals surface area contributed by atoms with Crippen LogP contribution in [0.2, 0.25) is 0 Å². The van der Waals surface area contributed by atoms with Gasteiger partial charge in [0.05, 0.1) is 0 Å². The normalized spacial score (nSPS) is 35.0. The Morgan fingerprint density at radius 2 is 1.54 bits per heavy atom. The second-order valence-electron chi connectivity index (χ2n) is 8.59. The van der Waals surface area contributed by atoms with Gasteiger partial charge in [-0.15, -0.1) is 0 Å². The molecule has 3 aliphatic heterocycles. The van der Waals surface area contributed by atoms with E-state index in [0.29, 0.717) is 5.54 Å². The Morgan fingerprint density at radius 3 is 2.21 bits per heavy atom. The molecule has 24 heavy (non-hydrogen) atoms. The van der Waals surface area contributed by atoms with Gasteiger partial charge in [-0.2, -0.15) is 0 Å². The van der Waals surface area contributed by atoms with Crippen molar-refractivity contribution >= 4 is 0 Å². The quantitative estimate of drug-likeness (QED) is 0.699. The summed E-state index contributed by atoms with van der Waals surface area (Å²) in [4.78, 5) is 2.80. The molecular formula is C23H25N. The Morgan fingerprint density at radius 1 is 0.917 bits per heavy atom. The zero-order valence-electron chi connectivity index (χ0n) is 14.5. The SMILES string of the molecule is CN1C2CCC13CC(C2)C31c2ccccc2CCc2ccccc21. The third-order valence-electron chi connectivity index (χ3n) is 8.15. The molecule has 3 unspecified atom stereocenters. The van der Waals surface area contributed by atoms with Crippen LogP contribution in [0.4, 0.5) is 0 Å². The smallest absolute Gasteiger partial charge is 0.0421 e. The van der Waals surface area contributed by atoms with E-state index in [4.69, 9.17) is 0 Å². The molecule has 0 N–H and O–H groups in total. The molecule has 7 rings (SSSR count).